The minimum atomic E-state index is -4.11. The number of nitrogens with one attached hydrogen (secondary N) is 1. The van der Waals surface area contributed by atoms with E-state index in [1.54, 1.807) is 37.4 Å². The van der Waals surface area contributed by atoms with Crippen molar-refractivity contribution < 1.29 is 31.1 Å². The van der Waals surface area contributed by atoms with Gasteiger partial charge in [0.1, 0.15) is 0 Å². The van der Waals surface area contributed by atoms with Crippen molar-refractivity contribution in [3.8, 4) is 0 Å². The first-order valence-corrected chi connectivity index (χ1v) is 16.5. The van der Waals surface area contributed by atoms with Crippen LogP contribution < -0.4 is 5.32 Å². The predicted octanol–water partition coefficient (Wildman–Crippen LogP) is 6.26. The quantitative estimate of drug-likeness (QED) is 0.323. The van der Waals surface area contributed by atoms with Gasteiger partial charge in [0.25, 0.3) is 5.91 Å². The molecule has 42 heavy (non-hydrogen) atoms. The molecule has 11 heteroatoms. The molecule has 4 rings (SSSR count). The van der Waals surface area contributed by atoms with E-state index in [0.29, 0.717) is 38.1 Å². The largest absolute Gasteiger partial charge is 0.391 e. The molecule has 232 valence electrons. The monoisotopic (exact) mass is 609 g/mol. The highest BCUT2D eigenvalue weighted by molar-refractivity contribution is 7.91. The zero-order valence-electron chi connectivity index (χ0n) is 24.8. The lowest BCUT2D eigenvalue weighted by atomic mass is 9.81. The number of halogens is 3. The van der Waals surface area contributed by atoms with E-state index in [1.165, 1.54) is 0 Å². The van der Waals surface area contributed by atoms with E-state index in [9.17, 15) is 26.4 Å². The van der Waals surface area contributed by atoms with Crippen LogP contribution in [-0.4, -0.2) is 55.9 Å². The number of pyridine rings is 1. The highest BCUT2D eigenvalue weighted by Crippen LogP contribution is 2.43. The van der Waals surface area contributed by atoms with Crippen LogP contribution in [0.15, 0.2) is 41.4 Å². The summed E-state index contributed by atoms with van der Waals surface area (Å²) in [5.74, 6) is -1.04. The number of amides is 1. The van der Waals surface area contributed by atoms with E-state index in [2.05, 4.69) is 24.1 Å². The molecule has 1 amide bonds. The summed E-state index contributed by atoms with van der Waals surface area (Å²) >= 11 is 0. The summed E-state index contributed by atoms with van der Waals surface area (Å²) in [7, 11) is -3.34. The molecule has 2 aliphatic rings. The molecule has 0 radical (unpaired) electrons. The van der Waals surface area contributed by atoms with E-state index in [4.69, 9.17) is 9.72 Å². The fourth-order valence-corrected chi connectivity index (χ4v) is 7.10. The zero-order valence-corrected chi connectivity index (χ0v) is 25.6. The Hall–Kier alpha value is -2.50. The number of rotatable bonds is 11. The molecule has 1 fully saturated rings. The van der Waals surface area contributed by atoms with Gasteiger partial charge in [-0.15, -0.1) is 0 Å². The molecule has 1 aromatic heterocycles. The first kappa shape index (κ1) is 32.4. The second-order valence-electron chi connectivity index (χ2n) is 11.8. The molecule has 1 aliphatic carbocycles. The maximum atomic E-state index is 13.4. The Morgan fingerprint density at radius 2 is 1.79 bits per heavy atom. The van der Waals surface area contributed by atoms with Crippen LogP contribution in [0.5, 0.6) is 0 Å². The molecule has 2 atom stereocenters. The van der Waals surface area contributed by atoms with Crippen LogP contribution in [0.25, 0.3) is 0 Å². The Bertz CT molecular complexity index is 1320. The topological polar surface area (TPSA) is 88.6 Å². The van der Waals surface area contributed by atoms with Gasteiger partial charge in [-0.25, -0.2) is 8.42 Å². The van der Waals surface area contributed by atoms with E-state index in [0.717, 1.165) is 16.8 Å². The number of carbonyl (C=O) groups is 1. The summed E-state index contributed by atoms with van der Waals surface area (Å²) in [6.07, 6.45) is -1.04. The third kappa shape index (κ3) is 7.52. The molecule has 2 aromatic rings. The van der Waals surface area contributed by atoms with Gasteiger partial charge in [0.2, 0.25) is 0 Å². The summed E-state index contributed by atoms with van der Waals surface area (Å²) in [5, 5.41) is 3.02. The zero-order chi connectivity index (χ0) is 30.7. The molecule has 0 unspecified atom stereocenters. The number of alkyl halides is 3. The summed E-state index contributed by atoms with van der Waals surface area (Å²) in [6, 6.07) is 7.90. The number of fused-ring (bicyclic) bond motifs is 1. The van der Waals surface area contributed by atoms with Crippen molar-refractivity contribution in [2.24, 2.45) is 17.8 Å². The number of ether oxygens (including phenoxy) is 1. The lowest BCUT2D eigenvalue weighted by Gasteiger charge is -2.35. The fourth-order valence-electron chi connectivity index (χ4n) is 6.22. The molecule has 0 saturated heterocycles. The Labute approximate surface area is 247 Å². The Kier molecular flexibility index (Phi) is 10.4. The maximum absolute atomic E-state index is 13.4. The summed E-state index contributed by atoms with van der Waals surface area (Å²) in [6.45, 7) is 9.68. The first-order valence-electron chi connectivity index (χ1n) is 14.8. The van der Waals surface area contributed by atoms with Crippen LogP contribution in [0.1, 0.15) is 92.6 Å². The second-order valence-corrected chi connectivity index (χ2v) is 14.1. The predicted molar refractivity (Wildman–Crippen MR) is 155 cm³/mol. The van der Waals surface area contributed by atoms with Gasteiger partial charge in [-0.2, -0.15) is 13.2 Å². The van der Waals surface area contributed by atoms with Crippen LogP contribution >= 0.6 is 0 Å². The molecule has 2 heterocycles. The molecule has 0 bridgehead atoms. The Morgan fingerprint density at radius 3 is 2.36 bits per heavy atom. The average molecular weight is 610 g/mol. The highest BCUT2D eigenvalue weighted by atomic mass is 32.2. The molecule has 7 nitrogen and oxygen atoms in total. The third-order valence-electron chi connectivity index (χ3n) is 8.56. The average Bonchev–Trinajstić information content (AvgIpc) is 3.32. The van der Waals surface area contributed by atoms with Crippen LogP contribution in [0.4, 0.5) is 13.2 Å². The SMILES string of the molecule is CCOC[C@H](NC(=O)c1cnc2c(c1)CN(CC1CCC(C(F)(F)F)CC1)[C@H]2C(C)C)c1ccc(S(=O)(=O)CC)cc1. The van der Waals surface area contributed by atoms with Crippen molar-refractivity contribution in [2.45, 2.75) is 83.1 Å². The number of benzene rings is 1. The van der Waals surface area contributed by atoms with Crippen LogP contribution in [0, 0.1) is 17.8 Å². The number of carbonyl (C=O) groups excluding carboxylic acids is 1. The molecule has 1 aromatic carbocycles. The van der Waals surface area contributed by atoms with Gasteiger partial charge in [0.15, 0.2) is 9.84 Å². The van der Waals surface area contributed by atoms with Crippen molar-refractivity contribution in [3.05, 3.63) is 58.9 Å². The smallest absolute Gasteiger partial charge is 0.379 e. The number of aromatic nitrogens is 1. The van der Waals surface area contributed by atoms with Gasteiger partial charge in [0.05, 0.1) is 46.5 Å². The van der Waals surface area contributed by atoms with Gasteiger partial charge in [0, 0.05) is 25.9 Å². The lowest BCUT2D eigenvalue weighted by molar-refractivity contribution is -0.184. The summed E-state index contributed by atoms with van der Waals surface area (Å²) in [4.78, 5) is 20.6. The van der Waals surface area contributed by atoms with E-state index >= 15 is 0 Å². The van der Waals surface area contributed by atoms with Gasteiger partial charge < -0.3 is 10.1 Å². The molecular weight excluding hydrogens is 567 g/mol. The van der Waals surface area contributed by atoms with Gasteiger partial charge in [-0.1, -0.05) is 32.9 Å². The van der Waals surface area contributed by atoms with Crippen LogP contribution in [0.3, 0.4) is 0 Å². The highest BCUT2D eigenvalue weighted by Gasteiger charge is 2.42. The van der Waals surface area contributed by atoms with Crippen molar-refractivity contribution in [1.82, 2.24) is 15.2 Å². The molecule has 1 aliphatic heterocycles. The van der Waals surface area contributed by atoms with E-state index in [-0.39, 0.29) is 53.9 Å². The molecule has 1 saturated carbocycles. The van der Waals surface area contributed by atoms with Crippen molar-refractivity contribution >= 4 is 15.7 Å². The van der Waals surface area contributed by atoms with Crippen molar-refractivity contribution in [3.63, 3.8) is 0 Å². The van der Waals surface area contributed by atoms with Gasteiger partial charge in [-0.05, 0) is 73.8 Å². The third-order valence-corrected chi connectivity index (χ3v) is 10.3. The molecule has 0 spiro atoms. The number of nitrogens with zero attached hydrogens (tertiary/aromatic N) is 2. The number of hydrogen-bond acceptors (Lipinski definition) is 6. The van der Waals surface area contributed by atoms with E-state index in [1.807, 2.05) is 13.0 Å². The summed E-state index contributed by atoms with van der Waals surface area (Å²) in [5.41, 5.74) is 3.02. The van der Waals surface area contributed by atoms with Gasteiger partial charge >= 0.3 is 6.18 Å². The van der Waals surface area contributed by atoms with Gasteiger partial charge in [-0.3, -0.25) is 14.7 Å². The standard InChI is InChI=1S/C31H42F3N3O4S/c1-5-41-19-27(22-9-13-26(14-10-22)42(39,40)6-2)36-30(38)23-15-24-18-37(29(20(3)4)28(24)35-16-23)17-21-7-11-25(12-8-21)31(32,33)34/h9-10,13-16,20-21,25,27,29H,5-8,11-12,17-19H2,1-4H3,(H,36,38)/t21?,25?,27-,29-/m0/s1. The summed E-state index contributed by atoms with van der Waals surface area (Å²) < 4.78 is 69.5. The number of hydrogen-bond donors (Lipinski definition) is 1. The Balaban J connectivity index is 1.47. The van der Waals surface area contributed by atoms with Crippen molar-refractivity contribution in [2.75, 3.05) is 25.5 Å². The normalized spacial score (nSPS) is 22.2. The number of sulfone groups is 1. The van der Waals surface area contributed by atoms with Crippen LogP contribution in [-0.2, 0) is 21.1 Å². The first-order chi connectivity index (χ1) is 19.8. The second kappa shape index (κ2) is 13.4. The lowest BCUT2D eigenvalue weighted by Crippen LogP contribution is -2.35. The maximum Gasteiger partial charge on any atom is 0.391 e. The van der Waals surface area contributed by atoms with E-state index < -0.39 is 28.0 Å². The minimum absolute atomic E-state index is 0.00502. The molecule has 1 N–H and O–H groups in total. The molecular formula is C31H42F3N3O4S. The van der Waals surface area contributed by atoms with Crippen molar-refractivity contribution in [1.29, 1.82) is 0 Å². The Morgan fingerprint density at radius 1 is 1.12 bits per heavy atom. The van der Waals surface area contributed by atoms with Crippen LogP contribution in [0.2, 0.25) is 0 Å². The minimum Gasteiger partial charge on any atom is -0.379 e. The fraction of sp³-hybridized carbons (Fsp3) is 0.613.